The van der Waals surface area contributed by atoms with Crippen LogP contribution in [-0.2, 0) is 0 Å². The number of hydrogen-bond acceptors (Lipinski definition) is 6. The molecule has 2 N–H and O–H groups in total. The van der Waals surface area contributed by atoms with Gasteiger partial charge in [-0.15, -0.1) is 10.2 Å². The summed E-state index contributed by atoms with van der Waals surface area (Å²) >= 11 is 5.86. The summed E-state index contributed by atoms with van der Waals surface area (Å²) < 4.78 is 1.26. The Hall–Kier alpha value is -2.19. The first-order valence-corrected chi connectivity index (χ1v) is 5.19. The lowest BCUT2D eigenvalue weighted by Crippen LogP contribution is -2.20. The number of halogens is 1. The summed E-state index contributed by atoms with van der Waals surface area (Å²) in [5.74, 6) is 0. The van der Waals surface area contributed by atoms with Gasteiger partial charge in [0.25, 0.3) is 5.69 Å². The minimum absolute atomic E-state index is 0.0159. The molecule has 0 aliphatic carbocycles. The fraction of sp³-hybridized carbons (Fsp3) is 0.111. The highest BCUT2D eigenvalue weighted by Gasteiger charge is 2.23. The molecule has 1 atom stereocenters. The first-order chi connectivity index (χ1) is 8.59. The molecular formula is C9H8ClN5O3. The van der Waals surface area contributed by atoms with E-state index in [1.54, 1.807) is 0 Å². The van der Waals surface area contributed by atoms with Crippen LogP contribution in [0.1, 0.15) is 11.8 Å². The summed E-state index contributed by atoms with van der Waals surface area (Å²) in [6.07, 6.45) is 1.24. The summed E-state index contributed by atoms with van der Waals surface area (Å²) in [7, 11) is 0. The van der Waals surface area contributed by atoms with Gasteiger partial charge in [0.05, 0.1) is 15.5 Å². The molecular weight excluding hydrogens is 262 g/mol. The van der Waals surface area contributed by atoms with Crippen molar-refractivity contribution in [3.05, 3.63) is 51.6 Å². The van der Waals surface area contributed by atoms with Crippen LogP contribution in [0.4, 0.5) is 5.69 Å². The van der Waals surface area contributed by atoms with E-state index in [0.29, 0.717) is 0 Å². The van der Waals surface area contributed by atoms with Crippen molar-refractivity contribution in [2.45, 2.75) is 6.23 Å². The van der Waals surface area contributed by atoms with Crippen LogP contribution in [0.5, 0.6) is 0 Å². The molecule has 9 heteroatoms. The molecule has 1 heterocycles. The third-order valence-electron chi connectivity index (χ3n) is 2.19. The van der Waals surface area contributed by atoms with Crippen LogP contribution in [0.3, 0.4) is 0 Å². The Labute approximate surface area is 106 Å². The fourth-order valence-corrected chi connectivity index (χ4v) is 1.70. The average Bonchev–Trinajstić information content (AvgIpc) is 2.81. The lowest BCUT2D eigenvalue weighted by Gasteiger charge is -2.15. The summed E-state index contributed by atoms with van der Waals surface area (Å²) in [6.45, 7) is 0. The fourth-order valence-electron chi connectivity index (χ4n) is 1.43. The largest absolute Gasteiger partial charge is 0.368 e. The Morgan fingerprint density at radius 1 is 1.44 bits per heavy atom. The predicted molar refractivity (Wildman–Crippen MR) is 62.4 cm³/mol. The zero-order valence-corrected chi connectivity index (χ0v) is 9.65. The minimum atomic E-state index is -1.35. The van der Waals surface area contributed by atoms with E-state index >= 15 is 0 Å². The van der Waals surface area contributed by atoms with E-state index in [0.717, 1.165) is 0 Å². The number of aromatic nitrogens is 3. The molecule has 0 radical (unpaired) electrons. The van der Waals surface area contributed by atoms with Crippen molar-refractivity contribution in [1.82, 2.24) is 14.9 Å². The number of nitro benzene ring substituents is 1. The average molecular weight is 270 g/mol. The molecule has 0 spiro atoms. The molecule has 18 heavy (non-hydrogen) atoms. The third-order valence-corrected chi connectivity index (χ3v) is 2.52. The van der Waals surface area contributed by atoms with E-state index in [4.69, 9.17) is 11.6 Å². The Morgan fingerprint density at radius 3 is 2.72 bits per heavy atom. The number of nitrogens with one attached hydrogen (secondary N) is 1. The number of nitrogens with zero attached hydrogens (tertiary/aromatic N) is 4. The molecule has 0 saturated carbocycles. The second kappa shape index (κ2) is 4.98. The zero-order chi connectivity index (χ0) is 13.1. The first-order valence-electron chi connectivity index (χ1n) is 4.81. The lowest BCUT2D eigenvalue weighted by atomic mass is 10.1. The van der Waals surface area contributed by atoms with Crippen LogP contribution in [0.25, 0.3) is 0 Å². The monoisotopic (exact) mass is 269 g/mol. The molecule has 1 unspecified atom stereocenters. The topological polar surface area (TPSA) is 106 Å². The van der Waals surface area contributed by atoms with Crippen molar-refractivity contribution in [1.29, 1.82) is 0 Å². The molecule has 2 aromatic rings. The highest BCUT2D eigenvalue weighted by molar-refractivity contribution is 6.31. The lowest BCUT2D eigenvalue weighted by molar-refractivity contribution is -0.386. The number of hydrogen-bond donors (Lipinski definition) is 2. The van der Waals surface area contributed by atoms with Crippen LogP contribution >= 0.6 is 11.6 Å². The first kappa shape index (κ1) is 12.3. The van der Waals surface area contributed by atoms with Crippen LogP contribution in [-0.4, -0.2) is 24.9 Å². The van der Waals surface area contributed by atoms with Gasteiger partial charge < -0.3 is 5.11 Å². The zero-order valence-electron chi connectivity index (χ0n) is 8.89. The van der Waals surface area contributed by atoms with Crippen molar-refractivity contribution in [3.8, 4) is 0 Å². The van der Waals surface area contributed by atoms with Gasteiger partial charge in [-0.3, -0.25) is 15.5 Å². The number of aliphatic hydroxyl groups excluding tert-OH is 1. The van der Waals surface area contributed by atoms with Gasteiger partial charge in [0.15, 0.2) is 6.23 Å². The highest BCUT2D eigenvalue weighted by atomic mass is 35.5. The molecule has 0 saturated heterocycles. The Morgan fingerprint density at radius 2 is 2.11 bits per heavy atom. The smallest absolute Gasteiger partial charge is 0.278 e. The molecule has 0 fully saturated rings. The van der Waals surface area contributed by atoms with Gasteiger partial charge in [0, 0.05) is 6.07 Å². The van der Waals surface area contributed by atoms with Gasteiger partial charge in [-0.2, -0.15) is 0 Å². The van der Waals surface area contributed by atoms with Gasteiger partial charge >= 0.3 is 0 Å². The van der Waals surface area contributed by atoms with Crippen LogP contribution in [0.2, 0.25) is 5.02 Å². The van der Waals surface area contributed by atoms with Gasteiger partial charge in [0.2, 0.25) is 0 Å². The molecule has 8 nitrogen and oxygen atoms in total. The van der Waals surface area contributed by atoms with Crippen LogP contribution < -0.4 is 5.43 Å². The van der Waals surface area contributed by atoms with Crippen molar-refractivity contribution >= 4 is 17.3 Å². The van der Waals surface area contributed by atoms with E-state index in [1.807, 2.05) is 0 Å². The number of benzene rings is 1. The highest BCUT2D eigenvalue weighted by Crippen LogP contribution is 2.31. The number of nitro groups is 1. The van der Waals surface area contributed by atoms with Gasteiger partial charge in [0.1, 0.15) is 12.7 Å². The molecule has 1 aromatic carbocycles. The van der Waals surface area contributed by atoms with Gasteiger partial charge in [-0.1, -0.05) is 17.7 Å². The minimum Gasteiger partial charge on any atom is -0.368 e. The molecule has 0 aliphatic rings. The second-order valence-electron chi connectivity index (χ2n) is 3.33. The molecule has 0 amide bonds. The normalized spacial score (nSPS) is 12.1. The van der Waals surface area contributed by atoms with E-state index in [1.165, 1.54) is 35.5 Å². The summed E-state index contributed by atoms with van der Waals surface area (Å²) in [5.41, 5.74) is 2.25. The Kier molecular flexibility index (Phi) is 3.40. The second-order valence-corrected chi connectivity index (χ2v) is 3.74. The molecule has 0 bridgehead atoms. The van der Waals surface area contributed by atoms with E-state index in [2.05, 4.69) is 15.6 Å². The third kappa shape index (κ3) is 2.39. The van der Waals surface area contributed by atoms with Crippen molar-refractivity contribution in [2.24, 2.45) is 0 Å². The number of rotatable bonds is 4. The van der Waals surface area contributed by atoms with Crippen LogP contribution in [0, 0.1) is 10.1 Å². The molecule has 94 valence electrons. The number of aliphatic hydroxyl groups is 1. The maximum absolute atomic E-state index is 10.9. The summed E-state index contributed by atoms with van der Waals surface area (Å²) in [5, 5.41) is 27.9. The van der Waals surface area contributed by atoms with E-state index in [9.17, 15) is 15.2 Å². The van der Waals surface area contributed by atoms with Gasteiger partial charge in [-0.25, -0.2) is 4.68 Å². The van der Waals surface area contributed by atoms with Crippen molar-refractivity contribution < 1.29 is 10.0 Å². The standard InChI is InChI=1S/C9H8ClN5O3/c10-6-2-1-3-7(15(17)18)8(6)9(16)13-14-4-11-12-5-14/h1-5,9,13,16H. The quantitative estimate of drug-likeness (QED) is 0.489. The molecule has 0 aliphatic heterocycles. The molecule has 2 rings (SSSR count). The predicted octanol–water partition coefficient (Wildman–Crippen LogP) is 1.07. The van der Waals surface area contributed by atoms with Gasteiger partial charge in [-0.05, 0) is 6.07 Å². The van der Waals surface area contributed by atoms with Crippen molar-refractivity contribution in [2.75, 3.05) is 5.43 Å². The maximum Gasteiger partial charge on any atom is 0.278 e. The Bertz CT molecular complexity index is 559. The maximum atomic E-state index is 10.9. The SMILES string of the molecule is O=[N+]([O-])c1cccc(Cl)c1C(O)Nn1cnnc1. The molecule has 1 aromatic heterocycles. The van der Waals surface area contributed by atoms with E-state index in [-0.39, 0.29) is 16.3 Å². The summed E-state index contributed by atoms with van der Waals surface area (Å²) in [4.78, 5) is 10.2. The van der Waals surface area contributed by atoms with Crippen LogP contribution in [0.15, 0.2) is 30.9 Å². The van der Waals surface area contributed by atoms with Crippen molar-refractivity contribution in [3.63, 3.8) is 0 Å². The summed E-state index contributed by atoms with van der Waals surface area (Å²) in [6, 6.07) is 4.16. The Balaban J connectivity index is 2.34. The van der Waals surface area contributed by atoms with E-state index < -0.39 is 11.2 Å².